The van der Waals surface area contributed by atoms with Crippen LogP contribution in [0.15, 0.2) is 18.3 Å². The molecule has 1 aromatic rings. The van der Waals surface area contributed by atoms with Gasteiger partial charge in [-0.1, -0.05) is 20.8 Å². The second-order valence-electron chi connectivity index (χ2n) is 7.72. The summed E-state index contributed by atoms with van der Waals surface area (Å²) < 4.78 is 0. The highest BCUT2D eigenvalue weighted by Gasteiger charge is 2.28. The second-order valence-corrected chi connectivity index (χ2v) is 7.72. The Morgan fingerprint density at radius 3 is 2.32 bits per heavy atom. The van der Waals surface area contributed by atoms with Gasteiger partial charge in [0.15, 0.2) is 0 Å². The number of aliphatic hydroxyl groups is 1. The fourth-order valence-corrected chi connectivity index (χ4v) is 2.67. The first-order valence-corrected chi connectivity index (χ1v) is 7.78. The Labute approximate surface area is 132 Å². The molecule has 2 heterocycles. The van der Waals surface area contributed by atoms with Crippen LogP contribution in [-0.4, -0.2) is 52.7 Å². The van der Waals surface area contributed by atoms with Crippen LogP contribution in [0, 0.1) is 0 Å². The van der Waals surface area contributed by atoms with E-state index in [0.29, 0.717) is 19.6 Å². The molecule has 0 unspecified atom stereocenters. The standard InChI is InChI=1S/C17H27N3O2/c1-16(2,3)14-7-6-13(10-18-14)20-9-8-19(11-15(20)21)12-17(4,5)22/h6-7,10,22H,8-9,11-12H2,1-5H3. The highest BCUT2D eigenvalue weighted by atomic mass is 16.3. The molecule has 1 fully saturated rings. The number of piperazine rings is 1. The van der Waals surface area contributed by atoms with E-state index in [9.17, 15) is 9.90 Å². The van der Waals surface area contributed by atoms with Gasteiger partial charge in [0.25, 0.3) is 0 Å². The molecule has 0 aliphatic carbocycles. The largest absolute Gasteiger partial charge is 0.389 e. The van der Waals surface area contributed by atoms with Gasteiger partial charge in [-0.15, -0.1) is 0 Å². The van der Waals surface area contributed by atoms with E-state index in [1.165, 1.54) is 0 Å². The van der Waals surface area contributed by atoms with Crippen molar-refractivity contribution in [2.75, 3.05) is 31.1 Å². The van der Waals surface area contributed by atoms with Gasteiger partial charge < -0.3 is 10.0 Å². The molecule has 0 aromatic carbocycles. The van der Waals surface area contributed by atoms with Crippen LogP contribution in [0.3, 0.4) is 0 Å². The van der Waals surface area contributed by atoms with E-state index in [0.717, 1.165) is 17.9 Å². The number of hydrogen-bond donors (Lipinski definition) is 1. The number of hydrogen-bond acceptors (Lipinski definition) is 4. The van der Waals surface area contributed by atoms with Crippen molar-refractivity contribution in [3.63, 3.8) is 0 Å². The molecule has 1 saturated heterocycles. The predicted octanol–water partition coefficient (Wildman–Crippen LogP) is 1.80. The molecule has 0 bridgehead atoms. The Kier molecular flexibility index (Phi) is 4.59. The maximum Gasteiger partial charge on any atom is 0.241 e. The summed E-state index contributed by atoms with van der Waals surface area (Å²) in [5.74, 6) is 0.0563. The summed E-state index contributed by atoms with van der Waals surface area (Å²) >= 11 is 0. The molecule has 5 heteroatoms. The number of rotatable bonds is 3. The molecular weight excluding hydrogens is 278 g/mol. The van der Waals surface area contributed by atoms with Crippen molar-refractivity contribution in [3.05, 3.63) is 24.0 Å². The topological polar surface area (TPSA) is 56.7 Å². The summed E-state index contributed by atoms with van der Waals surface area (Å²) in [4.78, 5) is 20.6. The summed E-state index contributed by atoms with van der Waals surface area (Å²) in [6.45, 7) is 12.1. The zero-order valence-electron chi connectivity index (χ0n) is 14.3. The van der Waals surface area contributed by atoms with Crippen molar-refractivity contribution in [2.24, 2.45) is 0 Å². The van der Waals surface area contributed by atoms with E-state index in [2.05, 4.69) is 25.8 Å². The SMILES string of the molecule is CC(C)(O)CN1CCN(c2ccc(C(C)(C)C)nc2)C(=O)C1. The number of carbonyl (C=O) groups excluding carboxylic acids is 1. The van der Waals surface area contributed by atoms with Crippen molar-refractivity contribution in [3.8, 4) is 0 Å². The van der Waals surface area contributed by atoms with Gasteiger partial charge in [-0.3, -0.25) is 14.7 Å². The van der Waals surface area contributed by atoms with E-state index >= 15 is 0 Å². The van der Waals surface area contributed by atoms with Crippen LogP contribution in [0.1, 0.15) is 40.3 Å². The minimum atomic E-state index is -0.779. The van der Waals surface area contributed by atoms with Crippen LogP contribution in [-0.2, 0) is 10.2 Å². The van der Waals surface area contributed by atoms with Crippen LogP contribution < -0.4 is 4.90 Å². The Balaban J connectivity index is 2.04. The number of β-amino-alcohol motifs (C(OH)–C–C–N with tert-alkyl or cyclic N) is 1. The lowest BCUT2D eigenvalue weighted by Crippen LogP contribution is -2.53. The molecule has 122 valence electrons. The Hall–Kier alpha value is -1.46. The molecule has 1 aliphatic heterocycles. The maximum atomic E-state index is 12.3. The average molecular weight is 305 g/mol. The van der Waals surface area contributed by atoms with E-state index in [1.54, 1.807) is 24.9 Å². The molecule has 5 nitrogen and oxygen atoms in total. The summed E-state index contributed by atoms with van der Waals surface area (Å²) in [5.41, 5.74) is 1.09. The van der Waals surface area contributed by atoms with Gasteiger partial charge in [0.05, 0.1) is 24.0 Å². The van der Waals surface area contributed by atoms with E-state index < -0.39 is 5.60 Å². The van der Waals surface area contributed by atoms with Crippen molar-refractivity contribution in [1.82, 2.24) is 9.88 Å². The first kappa shape index (κ1) is 16.9. The Bertz CT molecular complexity index is 526. The summed E-state index contributed by atoms with van der Waals surface area (Å²) in [6, 6.07) is 3.96. The quantitative estimate of drug-likeness (QED) is 0.925. The number of aromatic nitrogens is 1. The van der Waals surface area contributed by atoms with Crippen LogP contribution >= 0.6 is 0 Å². The van der Waals surface area contributed by atoms with Gasteiger partial charge in [0.2, 0.25) is 5.91 Å². The zero-order valence-corrected chi connectivity index (χ0v) is 14.3. The number of pyridine rings is 1. The third-order valence-corrected chi connectivity index (χ3v) is 3.74. The minimum Gasteiger partial charge on any atom is -0.389 e. The van der Waals surface area contributed by atoms with Crippen LogP contribution in [0.2, 0.25) is 0 Å². The molecule has 1 N–H and O–H groups in total. The summed E-state index contributed by atoms with van der Waals surface area (Å²) in [5, 5.41) is 9.87. The molecule has 0 spiro atoms. The highest BCUT2D eigenvalue weighted by molar-refractivity contribution is 5.95. The molecule has 22 heavy (non-hydrogen) atoms. The van der Waals surface area contributed by atoms with Crippen LogP contribution in [0.4, 0.5) is 5.69 Å². The first-order chi connectivity index (χ1) is 10.1. The molecule has 0 radical (unpaired) electrons. The molecule has 1 amide bonds. The summed E-state index contributed by atoms with van der Waals surface area (Å²) in [7, 11) is 0. The second kappa shape index (κ2) is 5.97. The van der Waals surface area contributed by atoms with Gasteiger partial charge in [-0.2, -0.15) is 0 Å². The normalized spacial score (nSPS) is 17.9. The Morgan fingerprint density at radius 1 is 1.18 bits per heavy atom. The lowest BCUT2D eigenvalue weighted by molar-refractivity contribution is -0.122. The van der Waals surface area contributed by atoms with Crippen molar-refractivity contribution in [2.45, 2.75) is 45.6 Å². The minimum absolute atomic E-state index is 0.00788. The van der Waals surface area contributed by atoms with Gasteiger partial charge >= 0.3 is 0 Å². The molecule has 0 saturated carbocycles. The molecule has 0 atom stereocenters. The van der Waals surface area contributed by atoms with E-state index in [4.69, 9.17) is 0 Å². The van der Waals surface area contributed by atoms with Crippen molar-refractivity contribution >= 4 is 11.6 Å². The molecule has 1 aliphatic rings. The number of nitrogens with zero attached hydrogens (tertiary/aromatic N) is 3. The van der Waals surface area contributed by atoms with Gasteiger partial charge in [0.1, 0.15) is 0 Å². The van der Waals surface area contributed by atoms with Gasteiger partial charge in [-0.25, -0.2) is 0 Å². The van der Waals surface area contributed by atoms with E-state index in [-0.39, 0.29) is 11.3 Å². The fourth-order valence-electron chi connectivity index (χ4n) is 2.67. The lowest BCUT2D eigenvalue weighted by atomic mass is 9.92. The highest BCUT2D eigenvalue weighted by Crippen LogP contribution is 2.23. The maximum absolute atomic E-state index is 12.3. The van der Waals surface area contributed by atoms with E-state index in [1.807, 2.05) is 17.0 Å². The Morgan fingerprint density at radius 2 is 1.86 bits per heavy atom. The van der Waals surface area contributed by atoms with Crippen LogP contribution in [0.5, 0.6) is 0 Å². The van der Waals surface area contributed by atoms with Crippen LogP contribution in [0.25, 0.3) is 0 Å². The number of carbonyl (C=O) groups is 1. The van der Waals surface area contributed by atoms with Gasteiger partial charge in [-0.05, 0) is 26.0 Å². The number of anilines is 1. The monoisotopic (exact) mass is 305 g/mol. The first-order valence-electron chi connectivity index (χ1n) is 7.78. The lowest BCUT2D eigenvalue weighted by Gasteiger charge is -2.36. The molecule has 2 rings (SSSR count). The third kappa shape index (κ3) is 4.27. The van der Waals surface area contributed by atoms with Crippen molar-refractivity contribution in [1.29, 1.82) is 0 Å². The third-order valence-electron chi connectivity index (χ3n) is 3.74. The molecular formula is C17H27N3O2. The van der Waals surface area contributed by atoms with Gasteiger partial charge in [0, 0.05) is 30.7 Å². The fraction of sp³-hybridized carbons (Fsp3) is 0.647. The zero-order chi connectivity index (χ0) is 16.5. The predicted molar refractivity (Wildman–Crippen MR) is 88.0 cm³/mol. The average Bonchev–Trinajstić information content (AvgIpc) is 2.36. The smallest absolute Gasteiger partial charge is 0.241 e. The summed E-state index contributed by atoms with van der Waals surface area (Å²) in [6.07, 6.45) is 1.78. The van der Waals surface area contributed by atoms with Crippen molar-refractivity contribution < 1.29 is 9.90 Å². The molecule has 1 aromatic heterocycles. The number of amides is 1.